The average Bonchev–Trinajstić information content (AvgIpc) is 3.41. The van der Waals surface area contributed by atoms with E-state index >= 15 is 0 Å². The van der Waals surface area contributed by atoms with Gasteiger partial charge in [0.05, 0.1) is 0 Å². The van der Waals surface area contributed by atoms with Crippen molar-refractivity contribution in [3.63, 3.8) is 0 Å². The number of carbonyl (C=O) groups excluding carboxylic acids is 2. The molecular formula is C29H26N4O4. The van der Waals surface area contributed by atoms with Crippen molar-refractivity contribution in [1.29, 1.82) is 0 Å². The number of aromatic hydroxyl groups is 1. The Morgan fingerprint density at radius 3 is 2.51 bits per heavy atom. The van der Waals surface area contributed by atoms with Gasteiger partial charge in [0.15, 0.2) is 5.76 Å². The van der Waals surface area contributed by atoms with E-state index < -0.39 is 0 Å². The molecule has 2 aliphatic heterocycles. The summed E-state index contributed by atoms with van der Waals surface area (Å²) in [7, 11) is 3.97. The van der Waals surface area contributed by atoms with Crippen molar-refractivity contribution in [2.24, 2.45) is 7.05 Å². The van der Waals surface area contributed by atoms with Crippen LogP contribution in [0.15, 0.2) is 66.7 Å². The lowest BCUT2D eigenvalue weighted by molar-refractivity contribution is 0.0664. The lowest BCUT2D eigenvalue weighted by Gasteiger charge is -2.32. The van der Waals surface area contributed by atoms with Crippen LogP contribution in [-0.2, 0) is 7.05 Å². The Kier molecular flexibility index (Phi) is 5.53. The summed E-state index contributed by atoms with van der Waals surface area (Å²) >= 11 is 0. The fraction of sp³-hybridized carbons (Fsp3) is 0.207. The monoisotopic (exact) mass is 494 g/mol. The molecule has 4 aromatic rings. The number of rotatable bonds is 3. The number of aryl methyl sites for hydroxylation is 1. The standard InChI is InChI=1S/C29H26N4O4/c1-31-12-14-33(15-13-31)29(36)19-8-6-18(7-9-19)21-10-11-30-28-25(21)20(17-32(28)2)16-24-27(35)26-22(34)4-3-5-23(26)37-24/h3-11,16-17,34H,12-15H2,1-2H3/b24-16-. The number of fused-ring (bicyclic) bond motifs is 2. The summed E-state index contributed by atoms with van der Waals surface area (Å²) in [5.41, 5.74) is 4.24. The maximum Gasteiger partial charge on any atom is 0.253 e. The number of ether oxygens (including phenoxy) is 1. The van der Waals surface area contributed by atoms with Crippen LogP contribution in [0.4, 0.5) is 0 Å². The van der Waals surface area contributed by atoms with Gasteiger partial charge in [-0.2, -0.15) is 0 Å². The van der Waals surface area contributed by atoms with Crippen molar-refractivity contribution in [2.75, 3.05) is 33.2 Å². The number of allylic oxidation sites excluding steroid dienone is 1. The molecule has 1 N–H and O–H groups in total. The first-order chi connectivity index (χ1) is 17.9. The van der Waals surface area contributed by atoms with Gasteiger partial charge in [-0.15, -0.1) is 0 Å². The van der Waals surface area contributed by atoms with E-state index in [9.17, 15) is 14.7 Å². The Morgan fingerprint density at radius 1 is 1.03 bits per heavy atom. The molecular weight excluding hydrogens is 468 g/mol. The van der Waals surface area contributed by atoms with E-state index in [4.69, 9.17) is 4.74 Å². The molecule has 1 fully saturated rings. The third-order valence-corrected chi connectivity index (χ3v) is 7.08. The lowest BCUT2D eigenvalue weighted by atomic mass is 9.99. The molecule has 4 heterocycles. The molecule has 0 atom stereocenters. The normalized spacial score (nSPS) is 16.9. The molecule has 6 rings (SSSR count). The molecule has 0 unspecified atom stereocenters. The van der Waals surface area contributed by atoms with Crippen LogP contribution in [-0.4, -0.2) is 69.4 Å². The smallest absolute Gasteiger partial charge is 0.253 e. The van der Waals surface area contributed by atoms with Crippen molar-refractivity contribution in [3.05, 3.63) is 83.4 Å². The summed E-state index contributed by atoms with van der Waals surface area (Å²) in [6, 6.07) is 14.3. The third kappa shape index (κ3) is 3.95. The van der Waals surface area contributed by atoms with Crippen LogP contribution in [0.2, 0.25) is 0 Å². The number of aromatic nitrogens is 2. The second-order valence-corrected chi connectivity index (χ2v) is 9.52. The number of benzene rings is 2. The van der Waals surface area contributed by atoms with Crippen LogP contribution in [0.25, 0.3) is 28.2 Å². The molecule has 2 aromatic carbocycles. The Bertz CT molecular complexity index is 1580. The van der Waals surface area contributed by atoms with Gasteiger partial charge in [0.25, 0.3) is 5.91 Å². The van der Waals surface area contributed by atoms with Gasteiger partial charge in [-0.3, -0.25) is 9.59 Å². The minimum Gasteiger partial charge on any atom is -0.507 e. The summed E-state index contributed by atoms with van der Waals surface area (Å²) in [4.78, 5) is 34.6. The van der Waals surface area contributed by atoms with Crippen molar-refractivity contribution in [2.45, 2.75) is 0 Å². The average molecular weight is 495 g/mol. The van der Waals surface area contributed by atoms with Gasteiger partial charge in [0, 0.05) is 62.1 Å². The van der Waals surface area contributed by atoms with Gasteiger partial charge < -0.3 is 24.2 Å². The van der Waals surface area contributed by atoms with Gasteiger partial charge in [-0.1, -0.05) is 18.2 Å². The molecule has 0 radical (unpaired) electrons. The van der Waals surface area contributed by atoms with E-state index in [0.29, 0.717) is 11.3 Å². The number of carbonyl (C=O) groups is 2. The van der Waals surface area contributed by atoms with Gasteiger partial charge >= 0.3 is 0 Å². The van der Waals surface area contributed by atoms with Crippen LogP contribution in [0, 0.1) is 0 Å². The summed E-state index contributed by atoms with van der Waals surface area (Å²) in [6.07, 6.45) is 5.35. The topological polar surface area (TPSA) is 87.9 Å². The first kappa shape index (κ1) is 23.0. The molecule has 2 aliphatic rings. The van der Waals surface area contributed by atoms with Crippen molar-refractivity contribution in [3.8, 4) is 22.6 Å². The SMILES string of the molecule is CN1CCN(C(=O)c2ccc(-c3ccnc4c3c(/C=C3\Oc5cccc(O)c5C3=O)cn4C)cc2)CC1. The van der Waals surface area contributed by atoms with Crippen LogP contribution in [0.3, 0.4) is 0 Å². The zero-order valence-electron chi connectivity index (χ0n) is 20.6. The van der Waals surface area contributed by atoms with Crippen molar-refractivity contribution >= 4 is 28.8 Å². The molecule has 0 saturated carbocycles. The van der Waals surface area contributed by atoms with Gasteiger partial charge in [0.1, 0.15) is 22.7 Å². The molecule has 8 heteroatoms. The molecule has 1 saturated heterocycles. The summed E-state index contributed by atoms with van der Waals surface area (Å²) in [5, 5.41) is 11.0. The quantitative estimate of drug-likeness (QED) is 0.434. The van der Waals surface area contributed by atoms with Crippen LogP contribution >= 0.6 is 0 Å². The maximum atomic E-state index is 13.0. The van der Waals surface area contributed by atoms with E-state index in [1.54, 1.807) is 24.4 Å². The molecule has 186 valence electrons. The molecule has 0 bridgehead atoms. The Labute approximate surface area is 214 Å². The second kappa shape index (κ2) is 8.90. The number of phenols is 1. The molecule has 8 nitrogen and oxygen atoms in total. The van der Waals surface area contributed by atoms with Crippen LogP contribution in [0.5, 0.6) is 11.5 Å². The molecule has 0 spiro atoms. The summed E-state index contributed by atoms with van der Waals surface area (Å²) in [6.45, 7) is 3.21. The number of phenolic OH excluding ortho intramolecular Hbond substituents is 1. The molecule has 1 amide bonds. The number of pyridine rings is 1. The van der Waals surface area contributed by atoms with Crippen molar-refractivity contribution < 1.29 is 19.4 Å². The molecule has 0 aliphatic carbocycles. The van der Waals surface area contributed by atoms with E-state index in [1.165, 1.54) is 6.07 Å². The zero-order chi connectivity index (χ0) is 25.7. The number of ketones is 1. The third-order valence-electron chi connectivity index (χ3n) is 7.08. The predicted molar refractivity (Wildman–Crippen MR) is 141 cm³/mol. The minimum absolute atomic E-state index is 0.0457. The number of amides is 1. The molecule has 37 heavy (non-hydrogen) atoms. The van der Waals surface area contributed by atoms with Gasteiger partial charge in [-0.05, 0) is 54.6 Å². The number of piperazine rings is 1. The summed E-state index contributed by atoms with van der Waals surface area (Å²) in [5.74, 6) is 0.0754. The second-order valence-electron chi connectivity index (χ2n) is 9.52. The first-order valence-electron chi connectivity index (χ1n) is 12.2. The zero-order valence-corrected chi connectivity index (χ0v) is 20.6. The van der Waals surface area contributed by atoms with Crippen LogP contribution < -0.4 is 4.74 Å². The van der Waals surface area contributed by atoms with Gasteiger partial charge in [-0.25, -0.2) is 4.98 Å². The fourth-order valence-electron chi connectivity index (χ4n) is 5.03. The number of Topliss-reactive ketones (excluding diaryl/α,β-unsaturated/α-hetero) is 1. The Morgan fingerprint density at radius 2 is 1.78 bits per heavy atom. The van der Waals surface area contributed by atoms with E-state index in [1.807, 2.05) is 53.0 Å². The minimum atomic E-state index is -0.359. The number of hydrogen-bond donors (Lipinski definition) is 1. The predicted octanol–water partition coefficient (Wildman–Crippen LogP) is 3.95. The highest BCUT2D eigenvalue weighted by atomic mass is 16.5. The van der Waals surface area contributed by atoms with Crippen molar-refractivity contribution in [1.82, 2.24) is 19.4 Å². The first-order valence-corrected chi connectivity index (χ1v) is 12.2. The van der Waals surface area contributed by atoms with Crippen LogP contribution in [0.1, 0.15) is 26.3 Å². The van der Waals surface area contributed by atoms with Gasteiger partial charge in [0.2, 0.25) is 5.78 Å². The Balaban J connectivity index is 1.36. The maximum absolute atomic E-state index is 13.0. The summed E-state index contributed by atoms with van der Waals surface area (Å²) < 4.78 is 7.69. The number of hydrogen-bond acceptors (Lipinski definition) is 6. The van der Waals surface area contributed by atoms with E-state index in [0.717, 1.165) is 53.9 Å². The highest BCUT2D eigenvalue weighted by Crippen LogP contribution is 2.39. The largest absolute Gasteiger partial charge is 0.507 e. The fourth-order valence-corrected chi connectivity index (χ4v) is 5.03. The van der Waals surface area contributed by atoms with E-state index in [-0.39, 0.29) is 28.8 Å². The van der Waals surface area contributed by atoms with E-state index in [2.05, 4.69) is 16.9 Å². The highest BCUT2D eigenvalue weighted by molar-refractivity contribution is 6.17. The lowest BCUT2D eigenvalue weighted by Crippen LogP contribution is -2.47. The number of nitrogens with zero attached hydrogens (tertiary/aromatic N) is 4. The molecule has 2 aromatic heterocycles. The highest BCUT2D eigenvalue weighted by Gasteiger charge is 2.30. The Hall–Kier alpha value is -4.43. The number of likely N-dealkylation sites (N-methyl/N-ethyl adjacent to an activating group) is 1.